The van der Waals surface area contributed by atoms with Gasteiger partial charge in [-0.05, 0) is 77.8 Å². The summed E-state index contributed by atoms with van der Waals surface area (Å²) in [7, 11) is 0. The van der Waals surface area contributed by atoms with E-state index in [2.05, 4.69) is 109 Å². The Hall–Kier alpha value is -3.90. The molecule has 30 heavy (non-hydrogen) atoms. The molecular formula is C30H18. The van der Waals surface area contributed by atoms with Gasteiger partial charge in [-0.3, -0.25) is 0 Å². The van der Waals surface area contributed by atoms with Crippen molar-refractivity contribution in [3.8, 4) is 33.4 Å². The van der Waals surface area contributed by atoms with Crippen LogP contribution in [0.1, 0.15) is 0 Å². The van der Waals surface area contributed by atoms with Gasteiger partial charge in [-0.1, -0.05) is 97.1 Å². The second-order valence-corrected chi connectivity index (χ2v) is 8.13. The summed E-state index contributed by atoms with van der Waals surface area (Å²) in [6, 6.07) is 39.9. The molecule has 1 aliphatic carbocycles. The van der Waals surface area contributed by atoms with Crippen molar-refractivity contribution in [1.82, 2.24) is 0 Å². The summed E-state index contributed by atoms with van der Waals surface area (Å²) in [5.41, 5.74) is 7.89. The van der Waals surface area contributed by atoms with E-state index >= 15 is 0 Å². The van der Waals surface area contributed by atoms with Crippen molar-refractivity contribution in [3.63, 3.8) is 0 Å². The summed E-state index contributed by atoms with van der Waals surface area (Å²) < 4.78 is 0. The molecule has 0 aliphatic heterocycles. The van der Waals surface area contributed by atoms with Crippen molar-refractivity contribution < 1.29 is 0 Å². The van der Waals surface area contributed by atoms with E-state index in [1.807, 2.05) is 0 Å². The van der Waals surface area contributed by atoms with Crippen molar-refractivity contribution in [1.29, 1.82) is 0 Å². The minimum Gasteiger partial charge on any atom is -0.0622 e. The molecule has 0 saturated heterocycles. The highest BCUT2D eigenvalue weighted by Gasteiger charge is 2.23. The van der Waals surface area contributed by atoms with Crippen LogP contribution in [0.5, 0.6) is 0 Å². The van der Waals surface area contributed by atoms with Gasteiger partial charge in [-0.25, -0.2) is 0 Å². The molecule has 1 aliphatic rings. The van der Waals surface area contributed by atoms with Gasteiger partial charge < -0.3 is 0 Å². The molecular weight excluding hydrogens is 360 g/mol. The normalized spacial score (nSPS) is 12.0. The Morgan fingerprint density at radius 3 is 1.27 bits per heavy atom. The van der Waals surface area contributed by atoms with Crippen molar-refractivity contribution in [2.45, 2.75) is 0 Å². The molecule has 6 aromatic carbocycles. The molecule has 0 unspecified atom stereocenters. The van der Waals surface area contributed by atoms with Gasteiger partial charge in [0.05, 0.1) is 0 Å². The maximum Gasteiger partial charge on any atom is -0.00134 e. The molecule has 0 saturated carbocycles. The Morgan fingerprint density at radius 2 is 0.800 bits per heavy atom. The first-order valence-electron chi connectivity index (χ1n) is 10.5. The van der Waals surface area contributed by atoms with Crippen LogP contribution in [0.4, 0.5) is 0 Å². The highest BCUT2D eigenvalue weighted by Crippen LogP contribution is 2.51. The van der Waals surface area contributed by atoms with Crippen molar-refractivity contribution in [3.05, 3.63) is 109 Å². The highest BCUT2D eigenvalue weighted by molar-refractivity contribution is 6.36. The van der Waals surface area contributed by atoms with E-state index in [1.54, 1.807) is 0 Å². The number of hydrogen-bond acceptors (Lipinski definition) is 0. The second kappa shape index (κ2) is 5.81. The molecule has 0 nitrogen and oxygen atoms in total. The van der Waals surface area contributed by atoms with Crippen LogP contribution in [0, 0.1) is 0 Å². The lowest BCUT2D eigenvalue weighted by molar-refractivity contribution is 1.66. The van der Waals surface area contributed by atoms with E-state index in [0.717, 1.165) is 0 Å². The van der Waals surface area contributed by atoms with Gasteiger partial charge in [0, 0.05) is 0 Å². The van der Waals surface area contributed by atoms with Crippen LogP contribution < -0.4 is 0 Å². The van der Waals surface area contributed by atoms with Gasteiger partial charge in [0.25, 0.3) is 0 Å². The molecule has 0 heteroatoms. The molecule has 6 aromatic rings. The van der Waals surface area contributed by atoms with Gasteiger partial charge in [0.2, 0.25) is 0 Å². The second-order valence-electron chi connectivity index (χ2n) is 8.13. The summed E-state index contributed by atoms with van der Waals surface area (Å²) in [4.78, 5) is 0. The third-order valence-electron chi connectivity index (χ3n) is 6.56. The van der Waals surface area contributed by atoms with E-state index in [0.29, 0.717) is 0 Å². The van der Waals surface area contributed by atoms with Crippen LogP contribution in [-0.2, 0) is 0 Å². The van der Waals surface area contributed by atoms with Crippen LogP contribution in [0.2, 0.25) is 0 Å². The Balaban J connectivity index is 1.72. The van der Waals surface area contributed by atoms with Gasteiger partial charge in [0.15, 0.2) is 0 Å². The van der Waals surface area contributed by atoms with E-state index in [9.17, 15) is 0 Å². The van der Waals surface area contributed by atoms with Gasteiger partial charge >= 0.3 is 0 Å². The maximum absolute atomic E-state index is 2.39. The first-order valence-corrected chi connectivity index (χ1v) is 10.5. The van der Waals surface area contributed by atoms with Crippen molar-refractivity contribution >= 4 is 32.3 Å². The van der Waals surface area contributed by atoms with Crippen LogP contribution in [0.15, 0.2) is 109 Å². The minimum atomic E-state index is 1.27. The molecule has 138 valence electrons. The standard InChI is InChI=1S/C30H18/c1-3-9-19(10-4-1)26-17-21-18-27(20-11-5-2-6-12-20)25-16-8-14-23-22-13-7-15-24(26)29(22)28(21)30(23)25/h1-18H. The molecule has 0 spiro atoms. The average molecular weight is 378 g/mol. The van der Waals surface area contributed by atoms with Gasteiger partial charge in [-0.2, -0.15) is 0 Å². The summed E-state index contributed by atoms with van der Waals surface area (Å²) >= 11 is 0. The summed E-state index contributed by atoms with van der Waals surface area (Å²) in [6.45, 7) is 0. The molecule has 0 atom stereocenters. The van der Waals surface area contributed by atoms with E-state index in [4.69, 9.17) is 0 Å². The third kappa shape index (κ3) is 2.00. The lowest BCUT2D eigenvalue weighted by Crippen LogP contribution is -1.86. The van der Waals surface area contributed by atoms with Gasteiger partial charge in [-0.15, -0.1) is 0 Å². The molecule has 0 fully saturated rings. The zero-order valence-electron chi connectivity index (χ0n) is 16.4. The maximum atomic E-state index is 2.39. The first-order chi connectivity index (χ1) is 14.9. The molecule has 0 radical (unpaired) electrons. The molecule has 0 heterocycles. The zero-order valence-corrected chi connectivity index (χ0v) is 16.4. The minimum absolute atomic E-state index is 1.27. The van der Waals surface area contributed by atoms with E-state index < -0.39 is 0 Å². The number of benzene rings is 6. The third-order valence-corrected chi connectivity index (χ3v) is 6.56. The lowest BCUT2D eigenvalue weighted by Gasteiger charge is -2.13. The largest absolute Gasteiger partial charge is 0.0622 e. The lowest BCUT2D eigenvalue weighted by atomic mass is 9.90. The highest BCUT2D eigenvalue weighted by atomic mass is 14.3. The first kappa shape index (κ1) is 16.0. The topological polar surface area (TPSA) is 0 Å². The number of fused-ring (bicyclic) bond motifs is 1. The molecule has 0 bridgehead atoms. The van der Waals surface area contributed by atoms with Crippen LogP contribution in [0.25, 0.3) is 65.7 Å². The number of hydrogen-bond donors (Lipinski definition) is 0. The van der Waals surface area contributed by atoms with Crippen LogP contribution >= 0.6 is 0 Å². The Bertz CT molecular complexity index is 1490. The Kier molecular flexibility index (Phi) is 3.09. The molecule has 0 aromatic heterocycles. The Morgan fingerprint density at radius 1 is 0.333 bits per heavy atom. The molecule has 0 N–H and O–H groups in total. The predicted octanol–water partition coefficient (Wildman–Crippen LogP) is 8.46. The summed E-state index contributed by atoms with van der Waals surface area (Å²) in [5.74, 6) is 0. The molecule has 0 amide bonds. The van der Waals surface area contributed by atoms with E-state index in [1.165, 1.54) is 65.7 Å². The quantitative estimate of drug-likeness (QED) is 0.265. The van der Waals surface area contributed by atoms with Crippen LogP contribution in [0.3, 0.4) is 0 Å². The monoisotopic (exact) mass is 378 g/mol. The van der Waals surface area contributed by atoms with Crippen LogP contribution in [-0.4, -0.2) is 0 Å². The van der Waals surface area contributed by atoms with E-state index in [-0.39, 0.29) is 0 Å². The van der Waals surface area contributed by atoms with Crippen molar-refractivity contribution in [2.24, 2.45) is 0 Å². The zero-order chi connectivity index (χ0) is 19.7. The fraction of sp³-hybridized carbons (Fsp3) is 0. The molecule has 7 rings (SSSR count). The summed E-state index contributed by atoms with van der Waals surface area (Å²) in [5, 5.41) is 8.22. The van der Waals surface area contributed by atoms with Gasteiger partial charge in [0.1, 0.15) is 0 Å². The van der Waals surface area contributed by atoms with Crippen molar-refractivity contribution in [2.75, 3.05) is 0 Å². The SMILES string of the molecule is c1ccc(-c2cc3cc(-c4ccccc4)c4cccc5c4c3c3c-5cccc23)cc1. The fourth-order valence-corrected chi connectivity index (χ4v) is 5.32. The summed E-state index contributed by atoms with van der Waals surface area (Å²) in [6.07, 6.45) is 0. The Labute approximate surface area is 175 Å². The smallest absolute Gasteiger partial charge is 0.00134 e. The fourth-order valence-electron chi connectivity index (χ4n) is 5.32. The predicted molar refractivity (Wildman–Crippen MR) is 129 cm³/mol. The number of rotatable bonds is 2. The average Bonchev–Trinajstić information content (AvgIpc) is 3.17.